The maximum atomic E-state index is 12.5. The van der Waals surface area contributed by atoms with Gasteiger partial charge in [0.05, 0.1) is 4.92 Å². The third kappa shape index (κ3) is 3.20. The molecule has 0 N–H and O–H groups in total. The first-order valence-electron chi connectivity index (χ1n) is 7.31. The van der Waals surface area contributed by atoms with E-state index in [1.165, 1.54) is 36.1 Å². The number of nitro groups is 1. The van der Waals surface area contributed by atoms with Crippen LogP contribution in [0.4, 0.5) is 5.69 Å². The standard InChI is InChI=1S/C15H12BrN5O5/c1-8-5-9(3-4-10(8)21(24)25)26-11(22)6-20-7-17-14-12(15(20)23)13(16)18-19(14)2/h3-5,7H,6H2,1-2H3. The number of hydrogen-bond donors (Lipinski definition) is 0. The Morgan fingerprint density at radius 3 is 2.81 bits per heavy atom. The molecule has 1 aromatic carbocycles. The number of carbonyl (C=O) groups is 1. The summed E-state index contributed by atoms with van der Waals surface area (Å²) >= 11 is 3.19. The predicted molar refractivity (Wildman–Crippen MR) is 93.9 cm³/mol. The van der Waals surface area contributed by atoms with Crippen LogP contribution in [0.1, 0.15) is 5.56 Å². The molecule has 2 aromatic heterocycles. The molecule has 3 rings (SSSR count). The Bertz CT molecular complexity index is 1100. The number of aromatic nitrogens is 4. The molecule has 134 valence electrons. The SMILES string of the molecule is Cc1cc(OC(=O)Cn2cnc3c(c(Br)nn3C)c2=O)ccc1[N+](=O)[O-]. The number of halogens is 1. The maximum absolute atomic E-state index is 12.5. The lowest BCUT2D eigenvalue weighted by Gasteiger charge is -2.07. The number of benzene rings is 1. The van der Waals surface area contributed by atoms with E-state index < -0.39 is 16.5 Å². The fraction of sp³-hybridized carbons (Fsp3) is 0.200. The van der Waals surface area contributed by atoms with E-state index in [0.717, 1.165) is 4.57 Å². The summed E-state index contributed by atoms with van der Waals surface area (Å²) in [5.41, 5.74) is 0.237. The summed E-state index contributed by atoms with van der Waals surface area (Å²) in [6.45, 7) is 1.18. The molecule has 11 heteroatoms. The van der Waals surface area contributed by atoms with Gasteiger partial charge in [-0.15, -0.1) is 0 Å². The number of rotatable bonds is 4. The summed E-state index contributed by atoms with van der Waals surface area (Å²) in [5.74, 6) is -0.552. The van der Waals surface area contributed by atoms with Crippen LogP contribution in [0.3, 0.4) is 0 Å². The van der Waals surface area contributed by atoms with E-state index >= 15 is 0 Å². The number of esters is 1. The Kier molecular flexibility index (Phi) is 4.55. The van der Waals surface area contributed by atoms with Gasteiger partial charge in [-0.25, -0.2) is 14.5 Å². The normalized spacial score (nSPS) is 10.9. The van der Waals surface area contributed by atoms with Crippen molar-refractivity contribution in [3.05, 3.63) is 55.2 Å². The van der Waals surface area contributed by atoms with Gasteiger partial charge in [0, 0.05) is 18.7 Å². The van der Waals surface area contributed by atoms with Crippen LogP contribution in [-0.2, 0) is 18.4 Å². The van der Waals surface area contributed by atoms with E-state index in [9.17, 15) is 19.7 Å². The summed E-state index contributed by atoms with van der Waals surface area (Å²) in [4.78, 5) is 39.0. The summed E-state index contributed by atoms with van der Waals surface area (Å²) in [6, 6.07) is 3.97. The second-order valence-electron chi connectivity index (χ2n) is 5.47. The van der Waals surface area contributed by atoms with Crippen molar-refractivity contribution < 1.29 is 14.5 Å². The lowest BCUT2D eigenvalue weighted by atomic mass is 10.2. The molecule has 0 aliphatic rings. The molecule has 3 aromatic rings. The maximum Gasteiger partial charge on any atom is 0.331 e. The predicted octanol–water partition coefficient (Wildman–Crippen LogP) is 1.71. The fourth-order valence-corrected chi connectivity index (χ4v) is 3.03. The van der Waals surface area contributed by atoms with Crippen LogP contribution in [0.2, 0.25) is 0 Å². The Balaban J connectivity index is 1.83. The average Bonchev–Trinajstić information content (AvgIpc) is 2.84. The van der Waals surface area contributed by atoms with Gasteiger partial charge in [-0.05, 0) is 35.0 Å². The van der Waals surface area contributed by atoms with Crippen LogP contribution >= 0.6 is 15.9 Å². The van der Waals surface area contributed by atoms with Crippen LogP contribution in [0.15, 0.2) is 33.9 Å². The Morgan fingerprint density at radius 2 is 2.15 bits per heavy atom. The second kappa shape index (κ2) is 6.67. The van der Waals surface area contributed by atoms with E-state index in [4.69, 9.17) is 4.74 Å². The summed E-state index contributed by atoms with van der Waals surface area (Å²) in [7, 11) is 1.65. The molecule has 0 amide bonds. The Labute approximate surface area is 154 Å². The van der Waals surface area contributed by atoms with Crippen molar-refractivity contribution in [3.63, 3.8) is 0 Å². The van der Waals surface area contributed by atoms with E-state index in [2.05, 4.69) is 26.0 Å². The van der Waals surface area contributed by atoms with Crippen molar-refractivity contribution >= 4 is 38.6 Å². The number of fused-ring (bicyclic) bond motifs is 1. The fourth-order valence-electron chi connectivity index (χ4n) is 2.45. The quantitative estimate of drug-likeness (QED) is 0.272. The molecule has 2 heterocycles. The third-order valence-corrected chi connectivity index (χ3v) is 4.22. The molecule has 0 unspecified atom stereocenters. The van der Waals surface area contributed by atoms with Crippen molar-refractivity contribution in [1.82, 2.24) is 19.3 Å². The molecular formula is C15H12BrN5O5. The van der Waals surface area contributed by atoms with Crippen molar-refractivity contribution in [1.29, 1.82) is 0 Å². The van der Waals surface area contributed by atoms with E-state index in [-0.39, 0.29) is 23.4 Å². The average molecular weight is 422 g/mol. The lowest BCUT2D eigenvalue weighted by molar-refractivity contribution is -0.385. The van der Waals surface area contributed by atoms with Gasteiger partial charge in [-0.2, -0.15) is 5.10 Å². The van der Waals surface area contributed by atoms with Gasteiger partial charge in [-0.3, -0.25) is 19.5 Å². The molecule has 0 spiro atoms. The zero-order valence-electron chi connectivity index (χ0n) is 13.7. The summed E-state index contributed by atoms with van der Waals surface area (Å²) < 4.78 is 8.04. The van der Waals surface area contributed by atoms with Gasteiger partial charge >= 0.3 is 5.97 Å². The minimum atomic E-state index is -0.707. The van der Waals surface area contributed by atoms with Gasteiger partial charge in [0.1, 0.15) is 28.6 Å². The van der Waals surface area contributed by atoms with Crippen molar-refractivity contribution in [2.45, 2.75) is 13.5 Å². The van der Waals surface area contributed by atoms with Crippen molar-refractivity contribution in [2.75, 3.05) is 0 Å². The van der Waals surface area contributed by atoms with Crippen LogP contribution < -0.4 is 10.3 Å². The Morgan fingerprint density at radius 1 is 1.42 bits per heavy atom. The monoisotopic (exact) mass is 421 g/mol. The zero-order chi connectivity index (χ0) is 19.0. The highest BCUT2D eigenvalue weighted by atomic mass is 79.9. The molecule has 0 aliphatic heterocycles. The molecule has 0 fully saturated rings. The molecule has 10 nitrogen and oxygen atoms in total. The number of hydrogen-bond acceptors (Lipinski definition) is 7. The summed E-state index contributed by atoms with van der Waals surface area (Å²) in [5, 5.41) is 15.1. The largest absolute Gasteiger partial charge is 0.425 e. The topological polar surface area (TPSA) is 122 Å². The first-order chi connectivity index (χ1) is 12.3. The van der Waals surface area contributed by atoms with Crippen LogP contribution in [0, 0.1) is 17.0 Å². The highest BCUT2D eigenvalue weighted by Gasteiger charge is 2.17. The molecule has 0 aliphatic carbocycles. The first-order valence-corrected chi connectivity index (χ1v) is 8.10. The van der Waals surface area contributed by atoms with Gasteiger partial charge in [0.2, 0.25) is 0 Å². The van der Waals surface area contributed by atoms with E-state index in [1.54, 1.807) is 7.05 Å². The molecule has 0 atom stereocenters. The smallest absolute Gasteiger partial charge is 0.331 e. The van der Waals surface area contributed by atoms with E-state index in [0.29, 0.717) is 15.8 Å². The minimum absolute atomic E-state index is 0.0721. The first kappa shape index (κ1) is 17.7. The van der Waals surface area contributed by atoms with Gasteiger partial charge in [0.15, 0.2) is 5.65 Å². The zero-order valence-corrected chi connectivity index (χ0v) is 15.3. The van der Waals surface area contributed by atoms with Crippen molar-refractivity contribution in [2.24, 2.45) is 7.05 Å². The molecule has 0 saturated heterocycles. The van der Waals surface area contributed by atoms with Crippen LogP contribution in [-0.4, -0.2) is 30.2 Å². The molecule has 0 saturated carbocycles. The van der Waals surface area contributed by atoms with Gasteiger partial charge in [-0.1, -0.05) is 0 Å². The number of carbonyl (C=O) groups excluding carboxylic acids is 1. The molecule has 0 bridgehead atoms. The van der Waals surface area contributed by atoms with Gasteiger partial charge < -0.3 is 4.74 Å². The van der Waals surface area contributed by atoms with Gasteiger partial charge in [0.25, 0.3) is 11.2 Å². The van der Waals surface area contributed by atoms with Crippen molar-refractivity contribution in [3.8, 4) is 5.75 Å². The minimum Gasteiger partial charge on any atom is -0.425 e. The number of aryl methyl sites for hydroxylation is 2. The number of ether oxygens (including phenoxy) is 1. The third-order valence-electron chi connectivity index (χ3n) is 3.66. The second-order valence-corrected chi connectivity index (χ2v) is 6.22. The molecule has 26 heavy (non-hydrogen) atoms. The number of nitrogens with zero attached hydrogens (tertiary/aromatic N) is 5. The van der Waals surface area contributed by atoms with Crippen LogP contribution in [0.5, 0.6) is 5.75 Å². The highest BCUT2D eigenvalue weighted by molar-refractivity contribution is 9.10. The lowest BCUT2D eigenvalue weighted by Crippen LogP contribution is -2.27. The molecule has 0 radical (unpaired) electrons. The van der Waals surface area contributed by atoms with Crippen LogP contribution in [0.25, 0.3) is 11.0 Å². The number of nitro benzene ring substituents is 1. The Hall–Kier alpha value is -3.08. The highest BCUT2D eigenvalue weighted by Crippen LogP contribution is 2.23. The van der Waals surface area contributed by atoms with E-state index in [1.807, 2.05) is 0 Å². The molecular weight excluding hydrogens is 410 g/mol. The summed E-state index contributed by atoms with van der Waals surface area (Å²) in [6.07, 6.45) is 1.24.